The molecular weight excluding hydrogens is 428 g/mol. The van der Waals surface area contributed by atoms with Gasteiger partial charge in [-0.1, -0.05) is 36.4 Å². The minimum atomic E-state index is -1.28. The third-order valence-corrected chi connectivity index (χ3v) is 4.68. The van der Waals surface area contributed by atoms with Gasteiger partial charge in [0.2, 0.25) is 5.91 Å². The summed E-state index contributed by atoms with van der Waals surface area (Å²) in [6.45, 7) is 4.00. The summed E-state index contributed by atoms with van der Waals surface area (Å²) in [5.41, 5.74) is 6.37. The van der Waals surface area contributed by atoms with Crippen molar-refractivity contribution in [3.05, 3.63) is 59.7 Å². The molecule has 3 N–H and O–H groups in total. The Balaban J connectivity index is 2.23. The molecular formula is C24H28N2O7. The van der Waals surface area contributed by atoms with Crippen molar-refractivity contribution < 1.29 is 33.4 Å². The van der Waals surface area contributed by atoms with Gasteiger partial charge in [0.1, 0.15) is 6.04 Å². The second-order valence-electron chi connectivity index (χ2n) is 7.80. The molecule has 0 aliphatic heterocycles. The van der Waals surface area contributed by atoms with E-state index < -0.39 is 35.4 Å². The minimum Gasteiger partial charge on any atom is -0.467 e. The molecule has 2 aromatic rings. The van der Waals surface area contributed by atoms with E-state index in [2.05, 4.69) is 5.32 Å². The maximum absolute atomic E-state index is 12.9. The summed E-state index contributed by atoms with van der Waals surface area (Å²) >= 11 is 0. The van der Waals surface area contributed by atoms with E-state index in [9.17, 15) is 19.2 Å². The average molecular weight is 456 g/mol. The largest absolute Gasteiger partial charge is 0.467 e. The summed E-state index contributed by atoms with van der Waals surface area (Å²) in [5.74, 6) is -2.33. The van der Waals surface area contributed by atoms with Gasteiger partial charge in [-0.05, 0) is 36.6 Å². The summed E-state index contributed by atoms with van der Waals surface area (Å²) in [7, 11) is 1.21. The summed E-state index contributed by atoms with van der Waals surface area (Å²) in [6, 6.07) is 12.7. The number of nitrogens with one attached hydrogen (secondary N) is 1. The molecule has 0 aromatic heterocycles. The lowest BCUT2D eigenvalue weighted by atomic mass is 9.92. The monoisotopic (exact) mass is 456 g/mol. The van der Waals surface area contributed by atoms with Crippen LogP contribution in [0.2, 0.25) is 0 Å². The molecule has 2 rings (SSSR count). The summed E-state index contributed by atoms with van der Waals surface area (Å²) in [6.07, 6.45) is 0.287. The topological polar surface area (TPSA) is 134 Å². The summed E-state index contributed by atoms with van der Waals surface area (Å²) < 4.78 is 15.0. The Bertz CT molecular complexity index is 1020. The van der Waals surface area contributed by atoms with Gasteiger partial charge in [-0.3, -0.25) is 14.4 Å². The molecule has 0 aliphatic carbocycles. The second-order valence-corrected chi connectivity index (χ2v) is 7.80. The van der Waals surface area contributed by atoms with Gasteiger partial charge in [0.25, 0.3) is 0 Å². The van der Waals surface area contributed by atoms with Crippen molar-refractivity contribution in [1.29, 1.82) is 0 Å². The smallest absolute Gasteiger partial charge is 0.328 e. The standard InChI is InChI=1S/C24H28N2O7/c1-15(27)32-20-11-10-18(13-21(20)33-16(2)28)12-19(22(29)31-4)26-23(30)24(3,25)14-17-8-6-5-7-9-17/h5-11,13,19H,12,14,25H2,1-4H3,(H,26,30)/t19-,24-/m0/s1. The van der Waals surface area contributed by atoms with E-state index in [1.807, 2.05) is 30.3 Å². The number of hydrogen-bond donors (Lipinski definition) is 2. The highest BCUT2D eigenvalue weighted by molar-refractivity contribution is 5.90. The van der Waals surface area contributed by atoms with Crippen molar-refractivity contribution in [2.24, 2.45) is 5.73 Å². The molecule has 0 bridgehead atoms. The zero-order valence-electron chi connectivity index (χ0n) is 19.0. The maximum atomic E-state index is 12.9. The lowest BCUT2D eigenvalue weighted by Crippen LogP contribution is -2.57. The molecule has 0 heterocycles. The van der Waals surface area contributed by atoms with Gasteiger partial charge in [-0.25, -0.2) is 4.79 Å². The molecule has 0 spiro atoms. The lowest BCUT2D eigenvalue weighted by molar-refractivity contribution is -0.145. The number of nitrogens with two attached hydrogens (primary N) is 1. The van der Waals surface area contributed by atoms with Crippen molar-refractivity contribution in [2.45, 2.75) is 45.2 Å². The quantitative estimate of drug-likeness (QED) is 0.430. The molecule has 2 aromatic carbocycles. The first-order valence-electron chi connectivity index (χ1n) is 10.2. The van der Waals surface area contributed by atoms with Crippen molar-refractivity contribution in [3.63, 3.8) is 0 Å². The van der Waals surface area contributed by atoms with E-state index in [-0.39, 0.29) is 24.3 Å². The minimum absolute atomic E-state index is 0.0119. The molecule has 0 unspecified atom stereocenters. The van der Waals surface area contributed by atoms with Gasteiger partial charge in [0.15, 0.2) is 11.5 Å². The lowest BCUT2D eigenvalue weighted by Gasteiger charge is -2.26. The van der Waals surface area contributed by atoms with Crippen LogP contribution >= 0.6 is 0 Å². The van der Waals surface area contributed by atoms with Crippen LogP contribution in [0, 0.1) is 0 Å². The number of ether oxygens (including phenoxy) is 3. The maximum Gasteiger partial charge on any atom is 0.328 e. The molecule has 9 nitrogen and oxygen atoms in total. The predicted octanol–water partition coefficient (Wildman–Crippen LogP) is 1.70. The van der Waals surface area contributed by atoms with E-state index in [4.69, 9.17) is 19.9 Å². The molecule has 0 aliphatic rings. The van der Waals surface area contributed by atoms with E-state index in [1.54, 1.807) is 13.0 Å². The molecule has 1 amide bonds. The first-order chi connectivity index (χ1) is 15.5. The number of carbonyl (C=O) groups is 4. The van der Waals surface area contributed by atoms with Crippen LogP contribution in [0.15, 0.2) is 48.5 Å². The third kappa shape index (κ3) is 7.73. The molecule has 0 fully saturated rings. The van der Waals surface area contributed by atoms with Gasteiger partial charge < -0.3 is 25.3 Å². The van der Waals surface area contributed by atoms with Crippen LogP contribution in [0.5, 0.6) is 11.5 Å². The fraction of sp³-hybridized carbons (Fsp3) is 0.333. The van der Waals surface area contributed by atoms with Crippen LogP contribution in [0.1, 0.15) is 31.9 Å². The summed E-state index contributed by atoms with van der Waals surface area (Å²) in [5, 5.41) is 2.65. The van der Waals surface area contributed by atoms with Crippen LogP contribution in [-0.2, 0) is 36.8 Å². The highest BCUT2D eigenvalue weighted by Crippen LogP contribution is 2.29. The Morgan fingerprint density at radius 2 is 1.55 bits per heavy atom. The van der Waals surface area contributed by atoms with E-state index >= 15 is 0 Å². The Morgan fingerprint density at radius 3 is 2.12 bits per heavy atom. The number of benzene rings is 2. The number of methoxy groups -OCH3 is 1. The number of carbonyl (C=O) groups excluding carboxylic acids is 4. The Kier molecular flexibility index (Phi) is 8.70. The van der Waals surface area contributed by atoms with E-state index in [0.717, 1.165) is 5.56 Å². The predicted molar refractivity (Wildman–Crippen MR) is 119 cm³/mol. The molecule has 33 heavy (non-hydrogen) atoms. The van der Waals surface area contributed by atoms with Crippen molar-refractivity contribution in [2.75, 3.05) is 7.11 Å². The van der Waals surface area contributed by atoms with Gasteiger partial charge >= 0.3 is 17.9 Å². The van der Waals surface area contributed by atoms with E-state index in [0.29, 0.717) is 5.56 Å². The SMILES string of the molecule is COC(=O)[C@H](Cc1ccc(OC(C)=O)c(OC(C)=O)c1)NC(=O)[C@@](C)(N)Cc1ccccc1. The molecule has 0 saturated heterocycles. The van der Waals surface area contributed by atoms with Crippen LogP contribution in [-0.4, -0.2) is 42.5 Å². The van der Waals surface area contributed by atoms with Crippen molar-refractivity contribution >= 4 is 23.8 Å². The number of esters is 3. The first-order valence-corrected chi connectivity index (χ1v) is 10.2. The molecule has 0 saturated carbocycles. The zero-order valence-corrected chi connectivity index (χ0v) is 19.0. The van der Waals surface area contributed by atoms with Crippen LogP contribution in [0.4, 0.5) is 0 Å². The highest BCUT2D eigenvalue weighted by Gasteiger charge is 2.33. The normalized spacial score (nSPS) is 13.2. The van der Waals surface area contributed by atoms with Gasteiger partial charge in [0.05, 0.1) is 12.6 Å². The Labute approximate surface area is 192 Å². The fourth-order valence-corrected chi connectivity index (χ4v) is 3.15. The zero-order chi connectivity index (χ0) is 24.6. The summed E-state index contributed by atoms with van der Waals surface area (Å²) in [4.78, 5) is 48.0. The van der Waals surface area contributed by atoms with Gasteiger partial charge in [-0.15, -0.1) is 0 Å². The van der Waals surface area contributed by atoms with Crippen LogP contribution in [0.3, 0.4) is 0 Å². The van der Waals surface area contributed by atoms with Crippen molar-refractivity contribution in [3.8, 4) is 11.5 Å². The average Bonchev–Trinajstić information content (AvgIpc) is 2.74. The van der Waals surface area contributed by atoms with E-state index in [1.165, 1.54) is 33.1 Å². The Morgan fingerprint density at radius 1 is 0.939 bits per heavy atom. The molecule has 9 heteroatoms. The van der Waals surface area contributed by atoms with Gasteiger partial charge in [0, 0.05) is 20.3 Å². The molecule has 2 atom stereocenters. The van der Waals surface area contributed by atoms with Crippen molar-refractivity contribution in [1.82, 2.24) is 5.32 Å². The first kappa shape index (κ1) is 25.5. The second kappa shape index (κ2) is 11.2. The number of rotatable bonds is 9. The molecule has 0 radical (unpaired) electrons. The highest BCUT2D eigenvalue weighted by atomic mass is 16.6. The number of hydrogen-bond acceptors (Lipinski definition) is 8. The third-order valence-electron chi connectivity index (χ3n) is 4.68. The van der Waals surface area contributed by atoms with Gasteiger partial charge in [-0.2, -0.15) is 0 Å². The van der Waals surface area contributed by atoms with Crippen LogP contribution in [0.25, 0.3) is 0 Å². The Hall–Kier alpha value is -3.72. The molecule has 176 valence electrons. The fourth-order valence-electron chi connectivity index (χ4n) is 3.15. The van der Waals surface area contributed by atoms with Crippen LogP contribution < -0.4 is 20.5 Å². The number of amides is 1.